The number of amides is 1. The lowest BCUT2D eigenvalue weighted by Crippen LogP contribution is -2.13. The number of halogens is 1. The van der Waals surface area contributed by atoms with Crippen molar-refractivity contribution in [2.75, 3.05) is 5.32 Å². The van der Waals surface area contributed by atoms with Gasteiger partial charge < -0.3 is 9.73 Å². The van der Waals surface area contributed by atoms with Crippen LogP contribution < -0.4 is 5.32 Å². The van der Waals surface area contributed by atoms with E-state index in [1.54, 1.807) is 48.5 Å². The van der Waals surface area contributed by atoms with Crippen LogP contribution in [0.2, 0.25) is 5.02 Å². The quantitative estimate of drug-likeness (QED) is 0.795. The molecule has 0 bridgehead atoms. The van der Waals surface area contributed by atoms with Crippen LogP contribution in [-0.4, -0.2) is 16.1 Å². The number of aromatic nitrogens is 2. The second-order valence-corrected chi connectivity index (χ2v) is 4.91. The van der Waals surface area contributed by atoms with E-state index in [2.05, 4.69) is 15.5 Å². The highest BCUT2D eigenvalue weighted by Gasteiger charge is 2.18. The first-order valence-corrected chi connectivity index (χ1v) is 6.95. The minimum Gasteiger partial charge on any atom is -0.412 e. The van der Waals surface area contributed by atoms with E-state index in [1.165, 1.54) is 0 Å². The molecule has 0 atom stereocenters. The Morgan fingerprint density at radius 1 is 1.13 bits per heavy atom. The highest BCUT2D eigenvalue weighted by molar-refractivity contribution is 6.33. The Kier molecular flexibility index (Phi) is 4.04. The van der Waals surface area contributed by atoms with E-state index < -0.39 is 5.91 Å². The van der Waals surface area contributed by atoms with Gasteiger partial charge in [-0.25, -0.2) is 0 Å². The summed E-state index contributed by atoms with van der Waals surface area (Å²) in [6, 6.07) is 15.6. The van der Waals surface area contributed by atoms with E-state index >= 15 is 0 Å². The number of nitrogens with one attached hydrogen (secondary N) is 1. The maximum absolute atomic E-state index is 12.2. The number of anilines is 1. The standard InChI is InChI=1S/C16H9ClN4O2/c17-12-7-3-2-6-11(12)15-20-21-16(23-15)14(22)19-13-8-4-1-5-10(13)9-18/h1-8H,(H,19,22). The topological polar surface area (TPSA) is 91.8 Å². The van der Waals surface area contributed by atoms with Crippen molar-refractivity contribution in [3.63, 3.8) is 0 Å². The molecule has 7 heteroatoms. The van der Waals surface area contributed by atoms with Crippen molar-refractivity contribution >= 4 is 23.2 Å². The van der Waals surface area contributed by atoms with Gasteiger partial charge in [-0.15, -0.1) is 10.2 Å². The van der Waals surface area contributed by atoms with E-state index in [9.17, 15) is 4.79 Å². The van der Waals surface area contributed by atoms with Gasteiger partial charge in [0.25, 0.3) is 0 Å². The summed E-state index contributed by atoms with van der Waals surface area (Å²) in [4.78, 5) is 12.2. The van der Waals surface area contributed by atoms with E-state index in [1.807, 2.05) is 6.07 Å². The third-order valence-corrected chi connectivity index (χ3v) is 3.35. The predicted octanol–water partition coefficient (Wildman–Crippen LogP) is 3.51. The second kappa shape index (κ2) is 6.30. The smallest absolute Gasteiger partial charge is 0.313 e. The molecule has 3 rings (SSSR count). The van der Waals surface area contributed by atoms with E-state index in [-0.39, 0.29) is 11.8 Å². The minimum absolute atomic E-state index is 0.148. The zero-order valence-corrected chi connectivity index (χ0v) is 12.4. The van der Waals surface area contributed by atoms with Crippen LogP contribution in [0.3, 0.4) is 0 Å². The number of nitriles is 1. The summed E-state index contributed by atoms with van der Waals surface area (Å²) in [5.74, 6) is -0.666. The Morgan fingerprint density at radius 3 is 2.65 bits per heavy atom. The maximum Gasteiger partial charge on any atom is 0.313 e. The fourth-order valence-electron chi connectivity index (χ4n) is 1.92. The first kappa shape index (κ1) is 14.8. The van der Waals surface area contributed by atoms with Gasteiger partial charge in [-0.3, -0.25) is 4.79 Å². The highest BCUT2D eigenvalue weighted by Crippen LogP contribution is 2.26. The van der Waals surface area contributed by atoms with Gasteiger partial charge in [0.15, 0.2) is 0 Å². The number of hydrogen-bond donors (Lipinski definition) is 1. The SMILES string of the molecule is N#Cc1ccccc1NC(=O)c1nnc(-c2ccccc2Cl)o1. The van der Waals surface area contributed by atoms with Crippen molar-refractivity contribution in [1.82, 2.24) is 10.2 Å². The Bertz CT molecular complexity index is 914. The number of carbonyl (C=O) groups is 1. The van der Waals surface area contributed by atoms with Crippen LogP contribution in [0.4, 0.5) is 5.69 Å². The van der Waals surface area contributed by atoms with E-state index in [0.29, 0.717) is 21.8 Å². The molecule has 3 aromatic rings. The fraction of sp³-hybridized carbons (Fsp3) is 0. The molecule has 1 N–H and O–H groups in total. The molecule has 0 saturated heterocycles. The van der Waals surface area contributed by atoms with Gasteiger partial charge in [-0.2, -0.15) is 5.26 Å². The first-order chi connectivity index (χ1) is 11.2. The van der Waals surface area contributed by atoms with Crippen molar-refractivity contribution in [3.8, 4) is 17.5 Å². The third kappa shape index (κ3) is 3.05. The van der Waals surface area contributed by atoms with Gasteiger partial charge in [-0.1, -0.05) is 35.9 Å². The molecule has 0 aliphatic rings. The molecule has 0 saturated carbocycles. The van der Waals surface area contributed by atoms with Crippen molar-refractivity contribution in [1.29, 1.82) is 5.26 Å². The van der Waals surface area contributed by atoms with Gasteiger partial charge in [0.05, 0.1) is 21.8 Å². The molecule has 1 aromatic heterocycles. The molecule has 0 aliphatic heterocycles. The Balaban J connectivity index is 1.85. The summed E-state index contributed by atoms with van der Waals surface area (Å²) >= 11 is 6.05. The fourth-order valence-corrected chi connectivity index (χ4v) is 2.14. The largest absolute Gasteiger partial charge is 0.412 e. The lowest BCUT2D eigenvalue weighted by Gasteiger charge is -2.03. The highest BCUT2D eigenvalue weighted by atomic mass is 35.5. The summed E-state index contributed by atoms with van der Waals surface area (Å²) in [6.07, 6.45) is 0. The van der Waals surface area contributed by atoms with Crippen LogP contribution in [0.25, 0.3) is 11.5 Å². The van der Waals surface area contributed by atoms with Crippen LogP contribution in [0.15, 0.2) is 52.9 Å². The molecule has 0 unspecified atom stereocenters. The Morgan fingerprint density at radius 2 is 1.87 bits per heavy atom. The van der Waals surface area contributed by atoms with Crippen LogP contribution in [0.5, 0.6) is 0 Å². The first-order valence-electron chi connectivity index (χ1n) is 6.58. The number of rotatable bonds is 3. The summed E-state index contributed by atoms with van der Waals surface area (Å²) in [7, 11) is 0. The molecule has 23 heavy (non-hydrogen) atoms. The van der Waals surface area contributed by atoms with Crippen LogP contribution >= 0.6 is 11.6 Å². The second-order valence-electron chi connectivity index (χ2n) is 4.50. The minimum atomic E-state index is -0.599. The van der Waals surface area contributed by atoms with Gasteiger partial charge in [0, 0.05) is 0 Å². The number of benzene rings is 2. The molecular weight excluding hydrogens is 316 g/mol. The predicted molar refractivity (Wildman–Crippen MR) is 83.9 cm³/mol. The molecule has 112 valence electrons. The normalized spacial score (nSPS) is 10.1. The Hall–Kier alpha value is -3.17. The number of para-hydroxylation sites is 1. The van der Waals surface area contributed by atoms with Gasteiger partial charge >= 0.3 is 11.8 Å². The molecule has 6 nitrogen and oxygen atoms in total. The Labute approximate surface area is 136 Å². The van der Waals surface area contributed by atoms with Crippen molar-refractivity contribution in [2.45, 2.75) is 0 Å². The molecular formula is C16H9ClN4O2. The lowest BCUT2D eigenvalue weighted by atomic mass is 10.2. The summed E-state index contributed by atoms with van der Waals surface area (Å²) in [5.41, 5.74) is 1.25. The molecule has 0 radical (unpaired) electrons. The molecule has 1 amide bonds. The van der Waals surface area contributed by atoms with Gasteiger partial charge in [-0.05, 0) is 24.3 Å². The number of nitrogens with zero attached hydrogens (tertiary/aromatic N) is 3. The summed E-state index contributed by atoms with van der Waals surface area (Å²) < 4.78 is 5.36. The zero-order chi connectivity index (χ0) is 16.2. The molecule has 0 spiro atoms. The summed E-state index contributed by atoms with van der Waals surface area (Å²) in [6.45, 7) is 0. The molecule has 2 aromatic carbocycles. The van der Waals surface area contributed by atoms with Crippen molar-refractivity contribution in [3.05, 3.63) is 65.0 Å². The number of carbonyl (C=O) groups excluding carboxylic acids is 1. The average molecular weight is 325 g/mol. The van der Waals surface area contributed by atoms with Gasteiger partial charge in [0.2, 0.25) is 5.89 Å². The van der Waals surface area contributed by atoms with Crippen LogP contribution in [-0.2, 0) is 0 Å². The van der Waals surface area contributed by atoms with Crippen molar-refractivity contribution < 1.29 is 9.21 Å². The monoisotopic (exact) mass is 324 g/mol. The number of hydrogen-bond acceptors (Lipinski definition) is 5. The molecule has 0 aliphatic carbocycles. The maximum atomic E-state index is 12.2. The lowest BCUT2D eigenvalue weighted by molar-refractivity contribution is 0.0991. The van der Waals surface area contributed by atoms with Crippen LogP contribution in [0, 0.1) is 11.3 Å². The molecule has 0 fully saturated rings. The van der Waals surface area contributed by atoms with Crippen LogP contribution in [0.1, 0.15) is 16.2 Å². The third-order valence-electron chi connectivity index (χ3n) is 3.02. The van der Waals surface area contributed by atoms with Gasteiger partial charge in [0.1, 0.15) is 6.07 Å². The van der Waals surface area contributed by atoms with E-state index in [4.69, 9.17) is 21.3 Å². The average Bonchev–Trinajstić information content (AvgIpc) is 3.05. The van der Waals surface area contributed by atoms with E-state index in [0.717, 1.165) is 0 Å². The zero-order valence-electron chi connectivity index (χ0n) is 11.7. The summed E-state index contributed by atoms with van der Waals surface area (Å²) in [5, 5.41) is 19.6. The van der Waals surface area contributed by atoms with Crippen molar-refractivity contribution in [2.24, 2.45) is 0 Å². The molecule has 1 heterocycles.